The number of hydrogen-bond acceptors (Lipinski definition) is 3. The summed E-state index contributed by atoms with van der Waals surface area (Å²) in [7, 11) is 1.60. The zero-order valence-electron chi connectivity index (χ0n) is 12.5. The van der Waals surface area contributed by atoms with Crippen LogP contribution in [0.3, 0.4) is 0 Å². The molecule has 6 heteroatoms. The van der Waals surface area contributed by atoms with Crippen LogP contribution >= 0.6 is 0 Å². The monoisotopic (exact) mass is 289 g/mol. The van der Waals surface area contributed by atoms with Gasteiger partial charge in [-0.3, -0.25) is 9.59 Å². The van der Waals surface area contributed by atoms with Gasteiger partial charge in [-0.15, -0.1) is 0 Å². The van der Waals surface area contributed by atoms with Crippen LogP contribution in [0.4, 0.5) is 0 Å². The lowest BCUT2D eigenvalue weighted by Gasteiger charge is -2.16. The number of fused-ring (bicyclic) bond motifs is 1. The normalized spacial score (nSPS) is 10.8. The van der Waals surface area contributed by atoms with Gasteiger partial charge in [-0.1, -0.05) is 6.92 Å². The number of imidazole rings is 1. The molecule has 21 heavy (non-hydrogen) atoms. The summed E-state index contributed by atoms with van der Waals surface area (Å²) in [6.07, 6.45) is 2.54. The Bertz CT molecular complexity index is 691. The number of aryl methyl sites for hydroxylation is 2. The van der Waals surface area contributed by atoms with E-state index in [0.29, 0.717) is 5.56 Å². The fraction of sp³-hybridized carbons (Fsp3) is 0.400. The molecule has 2 aromatic heterocycles. The summed E-state index contributed by atoms with van der Waals surface area (Å²) in [6.45, 7) is 4.21. The van der Waals surface area contributed by atoms with Gasteiger partial charge in [0.25, 0.3) is 5.91 Å². The van der Waals surface area contributed by atoms with Crippen LogP contribution in [0, 0.1) is 6.92 Å². The largest absolute Gasteiger partial charge is 0.481 e. The smallest absolute Gasteiger partial charge is 0.305 e. The molecule has 0 saturated heterocycles. The van der Waals surface area contributed by atoms with Gasteiger partial charge in [0.1, 0.15) is 5.65 Å². The van der Waals surface area contributed by atoms with Crippen LogP contribution in [0.5, 0.6) is 0 Å². The Kier molecular flexibility index (Phi) is 4.26. The minimum atomic E-state index is -0.914. The molecule has 0 aliphatic carbocycles. The number of aromatic nitrogens is 2. The van der Waals surface area contributed by atoms with Crippen molar-refractivity contribution in [1.82, 2.24) is 14.3 Å². The molecule has 0 bridgehead atoms. The second-order valence-corrected chi connectivity index (χ2v) is 5.01. The zero-order valence-corrected chi connectivity index (χ0v) is 12.5. The van der Waals surface area contributed by atoms with E-state index in [1.807, 2.05) is 24.3 Å². The summed E-state index contributed by atoms with van der Waals surface area (Å²) in [4.78, 5) is 28.8. The Morgan fingerprint density at radius 3 is 2.71 bits per heavy atom. The van der Waals surface area contributed by atoms with Crippen molar-refractivity contribution in [3.63, 3.8) is 0 Å². The van der Waals surface area contributed by atoms with E-state index < -0.39 is 5.97 Å². The maximum atomic E-state index is 12.3. The number of pyridine rings is 1. The third-order valence-corrected chi connectivity index (χ3v) is 3.55. The van der Waals surface area contributed by atoms with Crippen molar-refractivity contribution >= 4 is 17.5 Å². The third kappa shape index (κ3) is 3.04. The van der Waals surface area contributed by atoms with E-state index in [1.54, 1.807) is 19.3 Å². The first-order valence-corrected chi connectivity index (χ1v) is 6.89. The zero-order chi connectivity index (χ0) is 15.6. The number of carbonyl (C=O) groups excluding carboxylic acids is 1. The van der Waals surface area contributed by atoms with Crippen LogP contribution in [0.2, 0.25) is 0 Å². The highest BCUT2D eigenvalue weighted by molar-refractivity contribution is 5.94. The summed E-state index contributed by atoms with van der Waals surface area (Å²) in [6, 6.07) is 3.53. The van der Waals surface area contributed by atoms with E-state index in [-0.39, 0.29) is 18.9 Å². The van der Waals surface area contributed by atoms with Crippen molar-refractivity contribution in [3.05, 3.63) is 35.3 Å². The highest BCUT2D eigenvalue weighted by Gasteiger charge is 2.15. The van der Waals surface area contributed by atoms with Crippen LogP contribution in [-0.4, -0.2) is 44.9 Å². The topological polar surface area (TPSA) is 74.9 Å². The van der Waals surface area contributed by atoms with Crippen LogP contribution in [-0.2, 0) is 11.2 Å². The van der Waals surface area contributed by atoms with E-state index >= 15 is 0 Å². The highest BCUT2D eigenvalue weighted by atomic mass is 16.4. The number of nitrogens with zero attached hydrogens (tertiary/aromatic N) is 3. The van der Waals surface area contributed by atoms with Crippen molar-refractivity contribution in [3.8, 4) is 0 Å². The van der Waals surface area contributed by atoms with Crippen LogP contribution < -0.4 is 0 Å². The Morgan fingerprint density at radius 2 is 2.10 bits per heavy atom. The average molecular weight is 289 g/mol. The number of carbonyl (C=O) groups is 2. The molecule has 2 aromatic rings. The summed E-state index contributed by atoms with van der Waals surface area (Å²) in [5.41, 5.74) is 3.38. The van der Waals surface area contributed by atoms with E-state index in [1.165, 1.54) is 4.90 Å². The summed E-state index contributed by atoms with van der Waals surface area (Å²) >= 11 is 0. The van der Waals surface area contributed by atoms with E-state index in [2.05, 4.69) is 4.98 Å². The van der Waals surface area contributed by atoms with Gasteiger partial charge in [-0.05, 0) is 25.5 Å². The van der Waals surface area contributed by atoms with E-state index in [0.717, 1.165) is 23.5 Å². The number of amides is 1. The molecule has 2 rings (SSSR count). The molecule has 0 radical (unpaired) electrons. The molecule has 0 aromatic carbocycles. The van der Waals surface area contributed by atoms with Crippen molar-refractivity contribution < 1.29 is 14.7 Å². The fourth-order valence-corrected chi connectivity index (χ4v) is 2.26. The second-order valence-electron chi connectivity index (χ2n) is 5.01. The number of hydrogen-bond donors (Lipinski definition) is 1. The first-order chi connectivity index (χ1) is 9.93. The molecule has 6 nitrogen and oxygen atoms in total. The van der Waals surface area contributed by atoms with Crippen molar-refractivity contribution in [2.75, 3.05) is 13.6 Å². The molecule has 0 unspecified atom stereocenters. The lowest BCUT2D eigenvalue weighted by molar-refractivity contribution is -0.137. The second kappa shape index (κ2) is 5.95. The number of carboxylic acid groups (broad SMARTS) is 1. The maximum Gasteiger partial charge on any atom is 0.305 e. The molecule has 0 aliphatic rings. The fourth-order valence-electron chi connectivity index (χ4n) is 2.26. The Morgan fingerprint density at radius 1 is 1.38 bits per heavy atom. The molecule has 0 aliphatic heterocycles. The predicted molar refractivity (Wildman–Crippen MR) is 78.5 cm³/mol. The third-order valence-electron chi connectivity index (χ3n) is 3.55. The van der Waals surface area contributed by atoms with Crippen molar-refractivity contribution in [1.29, 1.82) is 0 Å². The molecule has 0 fully saturated rings. The molecule has 2 heterocycles. The van der Waals surface area contributed by atoms with Gasteiger partial charge in [0.2, 0.25) is 0 Å². The molecule has 1 N–H and O–H groups in total. The Balaban J connectivity index is 2.27. The molecule has 0 saturated carbocycles. The number of rotatable bonds is 5. The molecular formula is C15H19N3O3. The van der Waals surface area contributed by atoms with E-state index in [4.69, 9.17) is 5.11 Å². The van der Waals surface area contributed by atoms with Crippen LogP contribution in [0.1, 0.15) is 35.1 Å². The Labute approximate surface area is 123 Å². The minimum Gasteiger partial charge on any atom is -0.481 e. The lowest BCUT2D eigenvalue weighted by Crippen LogP contribution is -2.29. The lowest BCUT2D eigenvalue weighted by atomic mass is 10.2. The van der Waals surface area contributed by atoms with Gasteiger partial charge in [0, 0.05) is 25.5 Å². The van der Waals surface area contributed by atoms with Gasteiger partial charge in [-0.2, -0.15) is 0 Å². The molecule has 112 valence electrons. The SMILES string of the molecule is CCc1nc2ccc(C(=O)N(C)CCC(=O)O)cn2c1C. The van der Waals surface area contributed by atoms with Gasteiger partial charge >= 0.3 is 5.97 Å². The molecule has 1 amide bonds. The van der Waals surface area contributed by atoms with Gasteiger partial charge in [-0.25, -0.2) is 4.98 Å². The summed E-state index contributed by atoms with van der Waals surface area (Å²) in [5, 5.41) is 8.67. The quantitative estimate of drug-likeness (QED) is 0.910. The maximum absolute atomic E-state index is 12.3. The van der Waals surface area contributed by atoms with Gasteiger partial charge in [0.15, 0.2) is 0 Å². The van der Waals surface area contributed by atoms with Crippen LogP contribution in [0.25, 0.3) is 5.65 Å². The highest BCUT2D eigenvalue weighted by Crippen LogP contribution is 2.14. The van der Waals surface area contributed by atoms with E-state index in [9.17, 15) is 9.59 Å². The number of aliphatic carboxylic acids is 1. The number of carboxylic acids is 1. The molecule has 0 atom stereocenters. The Hall–Kier alpha value is -2.37. The first kappa shape index (κ1) is 15.0. The summed E-state index contributed by atoms with van der Waals surface area (Å²) in [5.74, 6) is -1.10. The van der Waals surface area contributed by atoms with Crippen molar-refractivity contribution in [2.24, 2.45) is 0 Å². The molecule has 0 spiro atoms. The summed E-state index contributed by atoms with van der Waals surface area (Å²) < 4.78 is 1.90. The standard InChI is InChI=1S/C15H19N3O3/c1-4-12-10(2)18-9-11(5-6-13(18)16-12)15(21)17(3)8-7-14(19)20/h5-6,9H,4,7-8H2,1-3H3,(H,19,20). The minimum absolute atomic E-state index is 0.0609. The first-order valence-electron chi connectivity index (χ1n) is 6.89. The predicted octanol–water partition coefficient (Wildman–Crippen LogP) is 1.75. The average Bonchev–Trinajstić information content (AvgIpc) is 2.79. The van der Waals surface area contributed by atoms with Gasteiger partial charge in [0.05, 0.1) is 17.7 Å². The molecular weight excluding hydrogens is 270 g/mol. The van der Waals surface area contributed by atoms with Gasteiger partial charge < -0.3 is 14.4 Å². The van der Waals surface area contributed by atoms with Crippen LogP contribution in [0.15, 0.2) is 18.3 Å². The van der Waals surface area contributed by atoms with Crippen molar-refractivity contribution in [2.45, 2.75) is 26.7 Å².